The van der Waals surface area contributed by atoms with Crippen LogP contribution >= 0.6 is 0 Å². The summed E-state index contributed by atoms with van der Waals surface area (Å²) in [6.45, 7) is 0. The maximum atomic E-state index is 11.5. The first kappa shape index (κ1) is 10.2. The second-order valence-corrected chi connectivity index (χ2v) is 3.69. The van der Waals surface area contributed by atoms with Crippen LogP contribution in [0.15, 0.2) is 41.6 Å². The first-order valence-electron chi connectivity index (χ1n) is 5.21. The van der Waals surface area contributed by atoms with Crippen LogP contribution in [0, 0.1) is 11.3 Å². The lowest BCUT2D eigenvalue weighted by atomic mass is 10.2. The summed E-state index contributed by atoms with van der Waals surface area (Å²) in [6.07, 6.45) is 2.79. The molecule has 0 bridgehead atoms. The molecule has 0 saturated heterocycles. The Morgan fingerprint density at radius 2 is 2.28 bits per heavy atom. The van der Waals surface area contributed by atoms with Crippen molar-refractivity contribution < 1.29 is 0 Å². The highest BCUT2D eigenvalue weighted by molar-refractivity contribution is 5.74. The molecular formula is C12H7N5O. The minimum atomic E-state index is -0.234. The van der Waals surface area contributed by atoms with Gasteiger partial charge in [-0.1, -0.05) is 6.07 Å². The Balaban J connectivity index is 2.29. The Labute approximate surface area is 101 Å². The van der Waals surface area contributed by atoms with Crippen molar-refractivity contribution in [3.05, 3.63) is 52.7 Å². The van der Waals surface area contributed by atoms with Gasteiger partial charge in [-0.25, -0.2) is 9.67 Å². The van der Waals surface area contributed by atoms with Gasteiger partial charge in [0.15, 0.2) is 5.65 Å². The Hall–Kier alpha value is -2.94. The predicted octanol–water partition coefficient (Wildman–Crippen LogP) is 0.980. The van der Waals surface area contributed by atoms with Crippen molar-refractivity contribution in [3.8, 4) is 11.8 Å². The molecule has 0 spiro atoms. The monoisotopic (exact) mass is 237 g/mol. The second-order valence-electron chi connectivity index (χ2n) is 3.69. The summed E-state index contributed by atoms with van der Waals surface area (Å²) in [5.74, 6) is 0. The zero-order chi connectivity index (χ0) is 12.5. The molecule has 0 radical (unpaired) electrons. The molecule has 86 valence electrons. The second kappa shape index (κ2) is 3.82. The SMILES string of the molecule is N#Cc1cccc(-n2ncc3c(=O)[nH]cnc32)c1. The number of benzene rings is 1. The van der Waals surface area contributed by atoms with Gasteiger partial charge in [-0.2, -0.15) is 10.4 Å². The third-order valence-electron chi connectivity index (χ3n) is 2.59. The van der Waals surface area contributed by atoms with E-state index in [4.69, 9.17) is 5.26 Å². The van der Waals surface area contributed by atoms with Crippen LogP contribution in [-0.2, 0) is 0 Å². The fraction of sp³-hybridized carbons (Fsp3) is 0. The number of aromatic nitrogens is 4. The number of aromatic amines is 1. The third kappa shape index (κ3) is 1.46. The van der Waals surface area contributed by atoms with E-state index in [9.17, 15) is 4.79 Å². The quantitative estimate of drug-likeness (QED) is 0.683. The highest BCUT2D eigenvalue weighted by atomic mass is 16.1. The molecule has 2 heterocycles. The van der Waals surface area contributed by atoms with Crippen molar-refractivity contribution >= 4 is 11.0 Å². The van der Waals surface area contributed by atoms with Crippen molar-refractivity contribution in [2.45, 2.75) is 0 Å². The Kier molecular flexibility index (Phi) is 2.17. The number of hydrogen-bond donors (Lipinski definition) is 1. The van der Waals surface area contributed by atoms with E-state index in [1.54, 1.807) is 24.3 Å². The predicted molar refractivity (Wildman–Crippen MR) is 64.2 cm³/mol. The van der Waals surface area contributed by atoms with Crippen molar-refractivity contribution in [2.24, 2.45) is 0 Å². The van der Waals surface area contributed by atoms with Crippen LogP contribution in [0.25, 0.3) is 16.7 Å². The van der Waals surface area contributed by atoms with Crippen molar-refractivity contribution in [2.75, 3.05) is 0 Å². The highest BCUT2D eigenvalue weighted by Gasteiger charge is 2.08. The first-order chi connectivity index (χ1) is 8.79. The summed E-state index contributed by atoms with van der Waals surface area (Å²) in [7, 11) is 0. The summed E-state index contributed by atoms with van der Waals surface area (Å²) >= 11 is 0. The van der Waals surface area contributed by atoms with Gasteiger partial charge in [0.05, 0.1) is 29.8 Å². The lowest BCUT2D eigenvalue weighted by Gasteiger charge is -2.02. The van der Waals surface area contributed by atoms with Crippen LogP contribution in [0.2, 0.25) is 0 Å². The summed E-state index contributed by atoms with van der Waals surface area (Å²) in [5, 5.41) is 13.4. The van der Waals surface area contributed by atoms with E-state index in [1.807, 2.05) is 0 Å². The molecule has 0 aliphatic heterocycles. The molecule has 0 aliphatic carbocycles. The summed E-state index contributed by atoms with van der Waals surface area (Å²) in [5.41, 5.74) is 1.46. The minimum Gasteiger partial charge on any atom is -0.312 e. The van der Waals surface area contributed by atoms with Gasteiger partial charge < -0.3 is 4.98 Å². The van der Waals surface area contributed by atoms with Gasteiger partial charge >= 0.3 is 0 Å². The van der Waals surface area contributed by atoms with Crippen LogP contribution in [-0.4, -0.2) is 19.7 Å². The lowest BCUT2D eigenvalue weighted by molar-refractivity contribution is 0.894. The molecule has 3 aromatic rings. The molecule has 1 N–H and O–H groups in total. The zero-order valence-electron chi connectivity index (χ0n) is 9.16. The normalized spacial score (nSPS) is 10.4. The van der Waals surface area contributed by atoms with Gasteiger partial charge in [0.1, 0.15) is 5.39 Å². The fourth-order valence-electron chi connectivity index (χ4n) is 1.75. The maximum absolute atomic E-state index is 11.5. The van der Waals surface area contributed by atoms with E-state index in [-0.39, 0.29) is 5.56 Å². The Morgan fingerprint density at radius 3 is 3.11 bits per heavy atom. The van der Waals surface area contributed by atoms with E-state index >= 15 is 0 Å². The maximum Gasteiger partial charge on any atom is 0.261 e. The molecule has 18 heavy (non-hydrogen) atoms. The van der Waals surface area contributed by atoms with Crippen LogP contribution < -0.4 is 5.56 Å². The van der Waals surface area contributed by atoms with Gasteiger partial charge in [-0.3, -0.25) is 4.79 Å². The number of rotatable bonds is 1. The third-order valence-corrected chi connectivity index (χ3v) is 2.59. The number of nitrogens with one attached hydrogen (secondary N) is 1. The average Bonchev–Trinajstić information content (AvgIpc) is 2.84. The first-order valence-corrected chi connectivity index (χ1v) is 5.21. The lowest BCUT2D eigenvalue weighted by Crippen LogP contribution is -2.06. The number of nitriles is 1. The van der Waals surface area contributed by atoms with Crippen LogP contribution in [0.5, 0.6) is 0 Å². The standard InChI is InChI=1S/C12H7N5O/c13-5-8-2-1-3-9(4-8)17-11-10(6-16-17)12(18)15-7-14-11/h1-4,6-7H,(H,14,15,18). The van der Waals surface area contributed by atoms with E-state index in [0.717, 1.165) is 0 Å². The van der Waals surface area contributed by atoms with Gasteiger partial charge in [0, 0.05) is 0 Å². The van der Waals surface area contributed by atoms with E-state index in [0.29, 0.717) is 22.3 Å². The van der Waals surface area contributed by atoms with Crippen molar-refractivity contribution in [1.29, 1.82) is 5.26 Å². The van der Waals surface area contributed by atoms with Gasteiger partial charge in [0.2, 0.25) is 0 Å². The molecule has 6 heteroatoms. The Bertz CT molecular complexity index is 824. The molecule has 0 saturated carbocycles. The molecule has 0 amide bonds. The summed E-state index contributed by atoms with van der Waals surface area (Å²) < 4.78 is 1.53. The fourth-order valence-corrected chi connectivity index (χ4v) is 1.75. The topological polar surface area (TPSA) is 87.4 Å². The average molecular weight is 237 g/mol. The molecule has 0 aliphatic rings. The summed E-state index contributed by atoms with van der Waals surface area (Å²) in [6, 6.07) is 9.01. The number of hydrogen-bond acceptors (Lipinski definition) is 4. The number of H-pyrrole nitrogens is 1. The largest absolute Gasteiger partial charge is 0.312 e. The van der Waals surface area contributed by atoms with Gasteiger partial charge in [-0.15, -0.1) is 0 Å². The molecule has 1 aromatic carbocycles. The minimum absolute atomic E-state index is 0.234. The molecule has 0 atom stereocenters. The van der Waals surface area contributed by atoms with Gasteiger partial charge in [0.25, 0.3) is 5.56 Å². The molecule has 0 fully saturated rings. The van der Waals surface area contributed by atoms with E-state index in [2.05, 4.69) is 21.1 Å². The highest BCUT2D eigenvalue weighted by Crippen LogP contribution is 2.14. The number of fused-ring (bicyclic) bond motifs is 1. The van der Waals surface area contributed by atoms with Crippen LogP contribution in [0.4, 0.5) is 0 Å². The van der Waals surface area contributed by atoms with Crippen molar-refractivity contribution in [3.63, 3.8) is 0 Å². The van der Waals surface area contributed by atoms with E-state index < -0.39 is 0 Å². The summed E-state index contributed by atoms with van der Waals surface area (Å²) in [4.78, 5) is 18.1. The molecule has 6 nitrogen and oxygen atoms in total. The molecule has 0 unspecified atom stereocenters. The zero-order valence-corrected chi connectivity index (χ0v) is 9.16. The van der Waals surface area contributed by atoms with E-state index in [1.165, 1.54) is 17.2 Å². The van der Waals surface area contributed by atoms with Crippen molar-refractivity contribution in [1.82, 2.24) is 19.7 Å². The van der Waals surface area contributed by atoms with Gasteiger partial charge in [-0.05, 0) is 18.2 Å². The van der Waals surface area contributed by atoms with Crippen LogP contribution in [0.3, 0.4) is 0 Å². The molecule has 2 aromatic heterocycles. The number of nitrogens with zero attached hydrogens (tertiary/aromatic N) is 4. The molecular weight excluding hydrogens is 230 g/mol. The molecule has 3 rings (SSSR count). The smallest absolute Gasteiger partial charge is 0.261 e. The van der Waals surface area contributed by atoms with Crippen LogP contribution in [0.1, 0.15) is 5.56 Å². The Morgan fingerprint density at radius 1 is 1.39 bits per heavy atom.